The predicted octanol–water partition coefficient (Wildman–Crippen LogP) is 2.47. The van der Waals surface area contributed by atoms with E-state index in [1.807, 2.05) is 35.0 Å². The summed E-state index contributed by atoms with van der Waals surface area (Å²) >= 11 is 1.44. The van der Waals surface area contributed by atoms with E-state index in [9.17, 15) is 4.79 Å². The quantitative estimate of drug-likeness (QED) is 0.776. The average molecular weight is 261 g/mol. The summed E-state index contributed by atoms with van der Waals surface area (Å²) in [5, 5.41) is 5.41. The van der Waals surface area contributed by atoms with Gasteiger partial charge in [-0.3, -0.25) is 4.79 Å². The van der Waals surface area contributed by atoms with Gasteiger partial charge in [0.15, 0.2) is 0 Å². The van der Waals surface area contributed by atoms with Gasteiger partial charge < -0.3 is 0 Å². The van der Waals surface area contributed by atoms with Crippen LogP contribution in [0.25, 0.3) is 10.6 Å². The number of aryl methyl sites for hydroxylation is 1. The van der Waals surface area contributed by atoms with Gasteiger partial charge in [0, 0.05) is 12.1 Å². The Hall–Kier alpha value is -1.75. The fourth-order valence-corrected chi connectivity index (χ4v) is 2.50. The van der Waals surface area contributed by atoms with E-state index in [2.05, 4.69) is 17.0 Å². The van der Waals surface area contributed by atoms with E-state index in [4.69, 9.17) is 0 Å². The summed E-state index contributed by atoms with van der Waals surface area (Å²) in [4.78, 5) is 15.1. The zero-order valence-corrected chi connectivity index (χ0v) is 11.1. The van der Waals surface area contributed by atoms with Crippen molar-refractivity contribution in [3.8, 4) is 10.6 Å². The molecule has 4 nitrogen and oxygen atoms in total. The monoisotopic (exact) mass is 261 g/mol. The van der Waals surface area contributed by atoms with Crippen molar-refractivity contribution in [2.75, 3.05) is 0 Å². The molecule has 2 rings (SSSR count). The molecule has 1 heterocycles. The standard InChI is InChI=1S/C13H15N3OS/c1-2-3-9-16-13(14-10-17)18-12(15-16)11-7-5-4-6-8-11/h4-8,10H,2-3,9H2,1H3/b14-13+. The van der Waals surface area contributed by atoms with Crippen LogP contribution in [0.15, 0.2) is 35.3 Å². The van der Waals surface area contributed by atoms with E-state index in [1.165, 1.54) is 11.3 Å². The number of aromatic nitrogens is 2. The summed E-state index contributed by atoms with van der Waals surface area (Å²) < 4.78 is 1.81. The summed E-state index contributed by atoms with van der Waals surface area (Å²) in [6.45, 7) is 2.92. The molecule has 0 atom stereocenters. The van der Waals surface area contributed by atoms with Gasteiger partial charge in [-0.1, -0.05) is 55.0 Å². The molecule has 0 aliphatic rings. The summed E-state index contributed by atoms with van der Waals surface area (Å²) in [6.07, 6.45) is 2.69. The van der Waals surface area contributed by atoms with Gasteiger partial charge in [-0.2, -0.15) is 10.1 Å². The second-order valence-electron chi connectivity index (χ2n) is 3.87. The van der Waals surface area contributed by atoms with Crippen LogP contribution in [-0.2, 0) is 11.3 Å². The fourth-order valence-electron chi connectivity index (χ4n) is 1.60. The Balaban J connectivity index is 2.39. The molecule has 0 bridgehead atoms. The highest BCUT2D eigenvalue weighted by Crippen LogP contribution is 2.18. The Labute approximate surface area is 110 Å². The van der Waals surface area contributed by atoms with Crippen molar-refractivity contribution in [1.29, 1.82) is 0 Å². The zero-order chi connectivity index (χ0) is 12.8. The molecule has 0 aliphatic carbocycles. The average Bonchev–Trinajstić information content (AvgIpc) is 2.81. The summed E-state index contributed by atoms with van der Waals surface area (Å²) in [6, 6.07) is 9.94. The highest BCUT2D eigenvalue weighted by atomic mass is 32.1. The Morgan fingerprint density at radius 3 is 2.83 bits per heavy atom. The first-order valence-electron chi connectivity index (χ1n) is 5.96. The third-order valence-corrected chi connectivity index (χ3v) is 3.54. The van der Waals surface area contributed by atoms with E-state index >= 15 is 0 Å². The van der Waals surface area contributed by atoms with Crippen LogP contribution in [0.4, 0.5) is 0 Å². The molecule has 0 unspecified atom stereocenters. The third-order valence-electron chi connectivity index (χ3n) is 2.53. The molecule has 0 saturated carbocycles. The molecular formula is C13H15N3OS. The van der Waals surface area contributed by atoms with Crippen molar-refractivity contribution in [2.45, 2.75) is 26.3 Å². The molecular weight excluding hydrogens is 246 g/mol. The normalized spacial score (nSPS) is 11.7. The van der Waals surface area contributed by atoms with Crippen LogP contribution >= 0.6 is 11.3 Å². The number of carbonyl (C=O) groups is 1. The third kappa shape index (κ3) is 2.92. The Kier molecular flexibility index (Phi) is 4.41. The first-order valence-corrected chi connectivity index (χ1v) is 6.77. The number of amides is 1. The topological polar surface area (TPSA) is 47.2 Å². The van der Waals surface area contributed by atoms with Crippen LogP contribution in [0.5, 0.6) is 0 Å². The van der Waals surface area contributed by atoms with Gasteiger partial charge in [-0.25, -0.2) is 4.68 Å². The molecule has 5 heteroatoms. The SMILES string of the molecule is CCCCn1nc(-c2ccccc2)s/c1=N/C=O. The highest BCUT2D eigenvalue weighted by Gasteiger charge is 2.06. The Morgan fingerprint density at radius 1 is 1.39 bits per heavy atom. The lowest BCUT2D eigenvalue weighted by Crippen LogP contribution is -2.16. The van der Waals surface area contributed by atoms with Gasteiger partial charge in [-0.15, -0.1) is 0 Å². The number of benzene rings is 1. The minimum Gasteiger partial charge on any atom is -0.276 e. The lowest BCUT2D eigenvalue weighted by atomic mass is 10.2. The van der Waals surface area contributed by atoms with Crippen molar-refractivity contribution in [3.63, 3.8) is 0 Å². The first-order chi connectivity index (χ1) is 8.85. The molecule has 2 aromatic rings. The van der Waals surface area contributed by atoms with Crippen LogP contribution < -0.4 is 4.80 Å². The predicted molar refractivity (Wildman–Crippen MR) is 72.1 cm³/mol. The largest absolute Gasteiger partial charge is 0.276 e. The molecule has 0 radical (unpaired) electrons. The second-order valence-corrected chi connectivity index (χ2v) is 4.82. The van der Waals surface area contributed by atoms with E-state index in [0.717, 1.165) is 30.0 Å². The fraction of sp³-hybridized carbons (Fsp3) is 0.308. The van der Waals surface area contributed by atoms with Crippen molar-refractivity contribution < 1.29 is 4.79 Å². The molecule has 1 aromatic heterocycles. The minimum atomic E-state index is 0.574. The van der Waals surface area contributed by atoms with Crippen LogP contribution in [0.2, 0.25) is 0 Å². The lowest BCUT2D eigenvalue weighted by molar-refractivity contribution is -0.107. The maximum Gasteiger partial charge on any atom is 0.235 e. The molecule has 0 fully saturated rings. The summed E-state index contributed by atoms with van der Waals surface area (Å²) in [5.74, 6) is 0. The van der Waals surface area contributed by atoms with E-state index in [0.29, 0.717) is 11.2 Å². The minimum absolute atomic E-state index is 0.574. The maximum atomic E-state index is 10.5. The molecule has 0 N–H and O–H groups in total. The molecule has 0 saturated heterocycles. The van der Waals surface area contributed by atoms with Gasteiger partial charge in [0.1, 0.15) is 5.01 Å². The van der Waals surface area contributed by atoms with Crippen molar-refractivity contribution in [3.05, 3.63) is 35.1 Å². The first kappa shape index (κ1) is 12.7. The number of hydrogen-bond donors (Lipinski definition) is 0. The number of carbonyl (C=O) groups excluding carboxylic acids is 1. The van der Waals surface area contributed by atoms with Gasteiger partial charge in [0.25, 0.3) is 0 Å². The van der Waals surface area contributed by atoms with Gasteiger partial charge >= 0.3 is 0 Å². The molecule has 94 valence electrons. The van der Waals surface area contributed by atoms with Crippen molar-refractivity contribution in [1.82, 2.24) is 9.78 Å². The van der Waals surface area contributed by atoms with Crippen molar-refractivity contribution in [2.24, 2.45) is 4.99 Å². The smallest absolute Gasteiger partial charge is 0.235 e. The number of nitrogens with zero attached hydrogens (tertiary/aromatic N) is 3. The van der Waals surface area contributed by atoms with Crippen LogP contribution in [0.3, 0.4) is 0 Å². The molecule has 1 aromatic carbocycles. The van der Waals surface area contributed by atoms with Gasteiger partial charge in [-0.05, 0) is 6.42 Å². The van der Waals surface area contributed by atoms with Crippen LogP contribution in [0.1, 0.15) is 19.8 Å². The second kappa shape index (κ2) is 6.26. The van der Waals surface area contributed by atoms with E-state index < -0.39 is 0 Å². The van der Waals surface area contributed by atoms with Gasteiger partial charge in [0.05, 0.1) is 0 Å². The number of hydrogen-bond acceptors (Lipinski definition) is 3. The molecule has 18 heavy (non-hydrogen) atoms. The van der Waals surface area contributed by atoms with Crippen molar-refractivity contribution >= 4 is 17.7 Å². The zero-order valence-electron chi connectivity index (χ0n) is 10.2. The van der Waals surface area contributed by atoms with Crippen LogP contribution in [-0.4, -0.2) is 16.2 Å². The van der Waals surface area contributed by atoms with E-state index in [1.54, 1.807) is 0 Å². The lowest BCUT2D eigenvalue weighted by Gasteiger charge is -1.98. The molecule has 0 aliphatic heterocycles. The number of unbranched alkanes of at least 4 members (excludes halogenated alkanes) is 1. The van der Waals surface area contributed by atoms with Crippen LogP contribution in [0, 0.1) is 0 Å². The summed E-state index contributed by atoms with van der Waals surface area (Å²) in [5.41, 5.74) is 1.06. The molecule has 0 spiro atoms. The number of rotatable bonds is 5. The maximum absolute atomic E-state index is 10.5. The molecule has 1 amide bonds. The van der Waals surface area contributed by atoms with Gasteiger partial charge in [0.2, 0.25) is 11.2 Å². The Bertz CT molecular complexity index is 571. The van der Waals surface area contributed by atoms with E-state index in [-0.39, 0.29) is 0 Å². The highest BCUT2D eigenvalue weighted by molar-refractivity contribution is 7.12. The Morgan fingerprint density at radius 2 is 2.17 bits per heavy atom. The summed E-state index contributed by atoms with van der Waals surface area (Å²) in [7, 11) is 0.